The zero-order valence-corrected chi connectivity index (χ0v) is 36.8. The lowest BCUT2D eigenvalue weighted by Gasteiger charge is -2.42. The number of carbonyl (C=O) groups is 2. The monoisotopic (exact) mass is 886 g/mol. The first kappa shape index (κ1) is 47.3. The highest BCUT2D eigenvalue weighted by molar-refractivity contribution is 7.51. The number of anilines is 1. The minimum atomic E-state index is -4.12. The van der Waals surface area contributed by atoms with Gasteiger partial charge in [-0.15, -0.1) is 0 Å². The van der Waals surface area contributed by atoms with Crippen molar-refractivity contribution in [1.82, 2.24) is 44.9 Å². The van der Waals surface area contributed by atoms with E-state index >= 15 is 0 Å². The second-order valence-corrected chi connectivity index (χ2v) is 18.7. The van der Waals surface area contributed by atoms with Crippen molar-refractivity contribution in [2.24, 2.45) is 5.92 Å². The van der Waals surface area contributed by atoms with Crippen LogP contribution in [-0.4, -0.2) is 129 Å². The second-order valence-electron chi connectivity index (χ2n) is 17.2. The average molecular weight is 887 g/mol. The number of β-amino-alcohol motifs (C(OH)–C–C–N with tert-alkyl or cyclic N) is 1. The molecule has 19 heteroatoms. The number of aromatic nitrogens is 5. The number of imidazole rings is 1. The molecule has 1 aliphatic heterocycles. The fraction of sp³-hybridized carbons (Fsp3) is 0.455. The molecule has 0 bridgehead atoms. The van der Waals surface area contributed by atoms with Gasteiger partial charge in [-0.25, -0.2) is 15.0 Å². The molecule has 3 aromatic heterocycles. The molecule has 338 valence electrons. The number of amides is 2. The Morgan fingerprint density at radius 3 is 2.48 bits per heavy atom. The topological polar surface area (TPSA) is 254 Å². The van der Waals surface area contributed by atoms with Gasteiger partial charge in [0.25, 0.3) is 0 Å². The summed E-state index contributed by atoms with van der Waals surface area (Å²) in [5.41, 5.74) is 10.3. The van der Waals surface area contributed by atoms with E-state index in [2.05, 4.69) is 40.4 Å². The van der Waals surface area contributed by atoms with Crippen molar-refractivity contribution in [3.05, 3.63) is 114 Å². The highest BCUT2D eigenvalue weighted by atomic mass is 31.2. The Labute approximate surface area is 367 Å². The minimum Gasteiger partial charge on any atom is -0.392 e. The zero-order valence-electron chi connectivity index (χ0n) is 35.9. The van der Waals surface area contributed by atoms with E-state index in [9.17, 15) is 24.4 Å². The first-order chi connectivity index (χ1) is 30.0. The maximum Gasteiger partial charge on any atom is 0.350 e. The van der Waals surface area contributed by atoms with Gasteiger partial charge in [-0.05, 0) is 61.9 Å². The van der Waals surface area contributed by atoms with Crippen LogP contribution in [0, 0.1) is 5.92 Å². The molecule has 18 nitrogen and oxygen atoms in total. The fourth-order valence-corrected chi connectivity index (χ4v) is 8.34. The number of rotatable bonds is 16. The standard InChI is InChI=1S/C36H47N5O4.C8H12N5O4P/c1-36(2,3)39-35(45)31-24-40(22-26-12-9-15-37-21-26)16-17-41(31)23-29(42)19-28(18-25-10-5-4-6-11-25)34(44)38-33-30-14-8-7-13-27(30)20-32(33)43;9-7-6-8(11-3-10-7)13(4-12-6)1-2-17-5-18(14,15)16/h4-15,21,28-29,31-33,42-43H,16-20,22-24H2,1-3H3,(H,38,44)(H,39,45);3-4H,1-2,5H2,(H2,9,10,11)(H2,14,15,16)/t28-,29+,31+,32-,33+;/m1./s1. The highest BCUT2D eigenvalue weighted by Gasteiger charge is 2.37. The number of fused-ring (bicyclic) bond motifs is 2. The third kappa shape index (κ3) is 13.9. The lowest BCUT2D eigenvalue weighted by Crippen LogP contribution is -2.61. The van der Waals surface area contributed by atoms with E-state index in [0.717, 1.165) is 28.8 Å². The van der Waals surface area contributed by atoms with Crippen LogP contribution in [0.5, 0.6) is 0 Å². The molecule has 1 aliphatic carbocycles. The van der Waals surface area contributed by atoms with Crippen LogP contribution in [-0.2, 0) is 44.8 Å². The number of pyridine rings is 1. The van der Waals surface area contributed by atoms with Crippen molar-refractivity contribution in [1.29, 1.82) is 0 Å². The van der Waals surface area contributed by atoms with Crippen molar-refractivity contribution in [2.45, 2.75) is 83.0 Å². The summed E-state index contributed by atoms with van der Waals surface area (Å²) in [6.07, 6.45) is 5.51. The predicted molar refractivity (Wildman–Crippen MR) is 237 cm³/mol. The van der Waals surface area contributed by atoms with E-state index in [-0.39, 0.29) is 37.2 Å². The SMILES string of the molecule is CC(C)(C)NC(=O)[C@@H]1CN(Cc2cccnc2)CCN1C[C@@H](O)C[C@@H](Cc1ccccc1)C(=O)N[C@H]1c2ccccc2C[C@H]1O.Nc1ncnc2c1ncn2CCOCP(=O)(O)O. The van der Waals surface area contributed by atoms with E-state index < -0.39 is 49.7 Å². The number of benzene rings is 2. The van der Waals surface area contributed by atoms with Crippen molar-refractivity contribution in [3.63, 3.8) is 0 Å². The summed E-state index contributed by atoms with van der Waals surface area (Å²) in [7, 11) is -4.12. The molecule has 5 aromatic rings. The second kappa shape index (κ2) is 21.5. The van der Waals surface area contributed by atoms with Gasteiger partial charge in [-0.3, -0.25) is 28.9 Å². The highest BCUT2D eigenvalue weighted by Crippen LogP contribution is 2.34. The van der Waals surface area contributed by atoms with E-state index in [1.807, 2.05) is 93.7 Å². The smallest absolute Gasteiger partial charge is 0.350 e. The van der Waals surface area contributed by atoms with E-state index in [4.69, 9.17) is 20.3 Å². The molecule has 0 radical (unpaired) electrons. The third-order valence-corrected chi connectivity index (χ3v) is 11.4. The number of hydrogen-bond acceptors (Lipinski definition) is 13. The molecule has 2 aromatic carbocycles. The maximum atomic E-state index is 13.8. The molecule has 0 saturated carbocycles. The summed E-state index contributed by atoms with van der Waals surface area (Å²) in [5.74, 6) is -0.494. The Morgan fingerprint density at radius 2 is 1.75 bits per heavy atom. The first-order valence-electron chi connectivity index (χ1n) is 21.0. The van der Waals surface area contributed by atoms with Gasteiger partial charge in [-0.2, -0.15) is 0 Å². The summed E-state index contributed by atoms with van der Waals surface area (Å²) < 4.78 is 17.1. The van der Waals surface area contributed by atoms with Crippen LogP contribution in [0.25, 0.3) is 11.2 Å². The number of nitrogens with two attached hydrogens (primary N) is 1. The van der Waals surface area contributed by atoms with E-state index in [1.54, 1.807) is 10.8 Å². The van der Waals surface area contributed by atoms with Crippen LogP contribution in [0.1, 0.15) is 55.5 Å². The van der Waals surface area contributed by atoms with Gasteiger partial charge in [0.05, 0.1) is 31.2 Å². The Hall–Kier alpha value is -5.17. The Morgan fingerprint density at radius 1 is 1.00 bits per heavy atom. The molecular formula is C44H59N10O8P. The van der Waals surface area contributed by atoms with Crippen LogP contribution in [0.3, 0.4) is 0 Å². The molecule has 1 fully saturated rings. The number of ether oxygens (including phenoxy) is 1. The Bertz CT molecular complexity index is 2310. The summed E-state index contributed by atoms with van der Waals surface area (Å²) in [6.45, 7) is 9.25. The largest absolute Gasteiger partial charge is 0.392 e. The summed E-state index contributed by atoms with van der Waals surface area (Å²) >= 11 is 0. The fourth-order valence-electron chi connectivity index (χ4n) is 7.97. The van der Waals surface area contributed by atoms with Gasteiger partial charge >= 0.3 is 7.60 Å². The quantitative estimate of drug-likeness (QED) is 0.0555. The number of carbonyl (C=O) groups excluding carboxylic acids is 2. The molecule has 4 heterocycles. The zero-order chi connectivity index (χ0) is 45.1. The van der Waals surface area contributed by atoms with Crippen LogP contribution < -0.4 is 16.4 Å². The van der Waals surface area contributed by atoms with Crippen LogP contribution >= 0.6 is 7.60 Å². The molecule has 1 saturated heterocycles. The molecule has 5 atom stereocenters. The molecular weight excluding hydrogens is 828 g/mol. The number of nitrogens with one attached hydrogen (secondary N) is 2. The predicted octanol–water partition coefficient (Wildman–Crippen LogP) is 2.43. The van der Waals surface area contributed by atoms with Gasteiger partial charge in [0.1, 0.15) is 24.2 Å². The average Bonchev–Trinajstić information content (AvgIpc) is 3.80. The molecule has 2 amide bonds. The molecule has 0 spiro atoms. The van der Waals surface area contributed by atoms with Crippen molar-refractivity contribution >= 4 is 36.4 Å². The van der Waals surface area contributed by atoms with Gasteiger partial charge in [-0.1, -0.05) is 60.7 Å². The number of aliphatic hydroxyl groups excluding tert-OH is 2. The molecule has 7 rings (SSSR count). The van der Waals surface area contributed by atoms with Gasteiger partial charge in [0, 0.05) is 69.5 Å². The minimum absolute atomic E-state index is 0.0712. The molecule has 2 aliphatic rings. The number of nitrogens with zero attached hydrogens (tertiary/aromatic N) is 7. The summed E-state index contributed by atoms with van der Waals surface area (Å²) in [4.78, 5) is 65.0. The van der Waals surface area contributed by atoms with Gasteiger partial charge < -0.3 is 45.7 Å². The van der Waals surface area contributed by atoms with Crippen LogP contribution in [0.15, 0.2) is 91.8 Å². The number of aliphatic hydroxyl groups is 2. The summed E-state index contributed by atoms with van der Waals surface area (Å²) in [6, 6.07) is 20.6. The number of hydrogen-bond donors (Lipinski definition) is 7. The number of piperazine rings is 1. The van der Waals surface area contributed by atoms with Crippen molar-refractivity contribution in [3.8, 4) is 0 Å². The molecule has 0 unspecified atom stereocenters. The maximum absolute atomic E-state index is 13.8. The van der Waals surface area contributed by atoms with Crippen LogP contribution in [0.2, 0.25) is 0 Å². The lowest BCUT2D eigenvalue weighted by atomic mass is 9.91. The Kier molecular flexibility index (Phi) is 16.1. The number of nitrogen functional groups attached to an aromatic ring is 1. The van der Waals surface area contributed by atoms with Crippen molar-refractivity contribution in [2.75, 3.05) is 44.9 Å². The van der Waals surface area contributed by atoms with Crippen LogP contribution in [0.4, 0.5) is 5.82 Å². The normalized spacial score (nSPS) is 19.1. The third-order valence-electron chi connectivity index (χ3n) is 10.9. The summed E-state index contributed by atoms with van der Waals surface area (Å²) in [5, 5.41) is 28.5. The van der Waals surface area contributed by atoms with Gasteiger partial charge in [0.2, 0.25) is 11.8 Å². The van der Waals surface area contributed by atoms with Gasteiger partial charge in [0.15, 0.2) is 11.5 Å². The first-order valence-corrected chi connectivity index (χ1v) is 22.8. The molecule has 63 heavy (non-hydrogen) atoms. The van der Waals surface area contributed by atoms with E-state index in [0.29, 0.717) is 50.2 Å². The Balaban J connectivity index is 0.000000305. The van der Waals surface area contributed by atoms with E-state index in [1.165, 1.54) is 12.7 Å². The lowest BCUT2D eigenvalue weighted by molar-refractivity contribution is -0.132. The molecule has 8 N–H and O–H groups in total. The van der Waals surface area contributed by atoms with Crippen molar-refractivity contribution < 1.29 is 38.9 Å².